The van der Waals surface area contributed by atoms with Gasteiger partial charge in [-0.15, -0.1) is 12.4 Å². The van der Waals surface area contributed by atoms with Crippen LogP contribution in [-0.2, 0) is 0 Å². The molecule has 0 aliphatic rings. The van der Waals surface area contributed by atoms with Crippen LogP contribution in [-0.4, -0.2) is 50.7 Å². The van der Waals surface area contributed by atoms with Gasteiger partial charge in [0.05, 0.1) is 6.61 Å². The summed E-state index contributed by atoms with van der Waals surface area (Å²) < 4.78 is 11.1. The Morgan fingerprint density at radius 3 is 2.04 bits per heavy atom. The molecule has 0 aromatic heterocycles. The number of amides is 1. The molecule has 0 aliphatic carbocycles. The minimum absolute atomic E-state index is 0. The van der Waals surface area contributed by atoms with Gasteiger partial charge < -0.3 is 19.3 Å². The molecule has 0 heterocycles. The van der Waals surface area contributed by atoms with Crippen molar-refractivity contribution < 1.29 is 14.3 Å². The fourth-order valence-electron chi connectivity index (χ4n) is 2.49. The van der Waals surface area contributed by atoms with Crippen molar-refractivity contribution in [1.82, 2.24) is 9.80 Å². The minimum atomic E-state index is -0.390. The normalized spacial score (nSPS) is 11.5. The van der Waals surface area contributed by atoms with Crippen LogP contribution in [0.1, 0.15) is 18.0 Å². The molecule has 0 bridgehead atoms. The molecule has 0 aliphatic heterocycles. The topological polar surface area (TPSA) is 42.0 Å². The minimum Gasteiger partial charge on any atom is -0.494 e. The van der Waals surface area contributed by atoms with E-state index in [9.17, 15) is 4.79 Å². The predicted molar refractivity (Wildman–Crippen MR) is 111 cm³/mol. The quantitative estimate of drug-likeness (QED) is 0.648. The van der Waals surface area contributed by atoms with Crippen LogP contribution in [0.2, 0.25) is 5.02 Å². The van der Waals surface area contributed by atoms with Crippen LogP contribution in [0.4, 0.5) is 4.79 Å². The molecule has 0 saturated heterocycles. The standard InChI is InChI=1S/C20H25ClN2O3.ClH/c1-22(2)19(13-14-25-17-11-7-16(21)8-12-17)15-5-9-18(10-6-15)26-20(24)23(3)4;/h5-12,19H,13-14H2,1-4H3;1H. The van der Waals surface area contributed by atoms with Crippen molar-refractivity contribution in [2.75, 3.05) is 34.8 Å². The zero-order valence-electron chi connectivity index (χ0n) is 16.0. The molecule has 1 amide bonds. The molecular weight excluding hydrogens is 387 g/mol. The highest BCUT2D eigenvalue weighted by Gasteiger charge is 2.15. The molecule has 2 aromatic carbocycles. The Bertz CT molecular complexity index is 704. The largest absolute Gasteiger partial charge is 0.494 e. The smallest absolute Gasteiger partial charge is 0.414 e. The first-order chi connectivity index (χ1) is 12.4. The molecule has 2 rings (SSSR count). The first kappa shape index (κ1) is 23.1. The average molecular weight is 413 g/mol. The summed E-state index contributed by atoms with van der Waals surface area (Å²) >= 11 is 5.88. The second-order valence-electron chi connectivity index (χ2n) is 6.40. The number of nitrogens with zero attached hydrogens (tertiary/aromatic N) is 2. The molecule has 0 radical (unpaired) electrons. The Balaban J connectivity index is 0.00000364. The molecule has 0 saturated carbocycles. The summed E-state index contributed by atoms with van der Waals surface area (Å²) in [6, 6.07) is 15.1. The maximum absolute atomic E-state index is 11.6. The number of halogens is 2. The highest BCUT2D eigenvalue weighted by atomic mass is 35.5. The zero-order chi connectivity index (χ0) is 19.1. The second-order valence-corrected chi connectivity index (χ2v) is 6.84. The molecule has 0 fully saturated rings. The highest BCUT2D eigenvalue weighted by Crippen LogP contribution is 2.25. The van der Waals surface area contributed by atoms with E-state index in [0.29, 0.717) is 17.4 Å². The number of carbonyl (C=O) groups is 1. The van der Waals surface area contributed by atoms with Gasteiger partial charge in [0.2, 0.25) is 0 Å². The Hall–Kier alpha value is -1.95. The summed E-state index contributed by atoms with van der Waals surface area (Å²) in [6.07, 6.45) is 0.435. The maximum Gasteiger partial charge on any atom is 0.414 e. The van der Waals surface area contributed by atoms with Gasteiger partial charge in [0.1, 0.15) is 11.5 Å². The Morgan fingerprint density at radius 2 is 1.52 bits per heavy atom. The summed E-state index contributed by atoms with van der Waals surface area (Å²) in [7, 11) is 7.37. The average Bonchev–Trinajstić information content (AvgIpc) is 2.61. The monoisotopic (exact) mass is 412 g/mol. The summed E-state index contributed by atoms with van der Waals surface area (Å²) in [5.74, 6) is 1.33. The van der Waals surface area contributed by atoms with Crippen LogP contribution in [0.3, 0.4) is 0 Å². The molecule has 148 valence electrons. The lowest BCUT2D eigenvalue weighted by Crippen LogP contribution is -2.25. The molecule has 1 unspecified atom stereocenters. The number of ether oxygens (including phenoxy) is 2. The van der Waals surface area contributed by atoms with E-state index in [1.165, 1.54) is 4.90 Å². The van der Waals surface area contributed by atoms with Crippen molar-refractivity contribution in [3.63, 3.8) is 0 Å². The van der Waals surface area contributed by atoms with Crippen molar-refractivity contribution in [2.45, 2.75) is 12.5 Å². The van der Waals surface area contributed by atoms with Gasteiger partial charge in [-0.1, -0.05) is 23.7 Å². The molecule has 7 heteroatoms. The number of hydrogen-bond donors (Lipinski definition) is 0. The molecule has 0 spiro atoms. The van der Waals surface area contributed by atoms with Gasteiger partial charge in [0.25, 0.3) is 0 Å². The van der Waals surface area contributed by atoms with Gasteiger partial charge >= 0.3 is 6.09 Å². The molecule has 27 heavy (non-hydrogen) atoms. The van der Waals surface area contributed by atoms with Gasteiger partial charge in [-0.05, 0) is 56.1 Å². The van der Waals surface area contributed by atoms with Gasteiger partial charge in [0, 0.05) is 31.6 Å². The number of hydrogen-bond acceptors (Lipinski definition) is 4. The Labute approximate surface area is 172 Å². The predicted octanol–water partition coefficient (Wildman–Crippen LogP) is 4.89. The molecule has 0 N–H and O–H groups in total. The summed E-state index contributed by atoms with van der Waals surface area (Å²) in [5, 5.41) is 0.693. The van der Waals surface area contributed by atoms with Crippen molar-refractivity contribution in [2.24, 2.45) is 0 Å². The van der Waals surface area contributed by atoms with Crippen LogP contribution < -0.4 is 9.47 Å². The van der Waals surface area contributed by atoms with Crippen LogP contribution in [0.5, 0.6) is 11.5 Å². The summed E-state index contributed by atoms with van der Waals surface area (Å²) in [5.41, 5.74) is 1.14. The lowest BCUT2D eigenvalue weighted by Gasteiger charge is -2.25. The molecule has 5 nitrogen and oxygen atoms in total. The second kappa shape index (κ2) is 11.0. The van der Waals surface area contributed by atoms with Gasteiger partial charge in [-0.25, -0.2) is 4.79 Å². The van der Waals surface area contributed by atoms with Crippen LogP contribution >= 0.6 is 24.0 Å². The lowest BCUT2D eigenvalue weighted by molar-refractivity contribution is 0.172. The van der Waals surface area contributed by atoms with Crippen LogP contribution in [0.15, 0.2) is 48.5 Å². The van der Waals surface area contributed by atoms with Gasteiger partial charge in [-0.2, -0.15) is 0 Å². The number of rotatable bonds is 7. The SMILES string of the molecule is CN(C)C(=O)Oc1ccc(C(CCOc2ccc(Cl)cc2)N(C)C)cc1.Cl. The summed E-state index contributed by atoms with van der Waals surface area (Å²) in [6.45, 7) is 0.585. The first-order valence-corrected chi connectivity index (χ1v) is 8.78. The van der Waals surface area contributed by atoms with E-state index in [1.807, 2.05) is 62.6 Å². The van der Waals surface area contributed by atoms with E-state index >= 15 is 0 Å². The van der Waals surface area contributed by atoms with Crippen molar-refractivity contribution in [3.8, 4) is 11.5 Å². The number of carbonyl (C=O) groups excluding carboxylic acids is 1. The van der Waals surface area contributed by atoms with Crippen LogP contribution in [0, 0.1) is 0 Å². The van der Waals surface area contributed by atoms with Crippen molar-refractivity contribution in [3.05, 3.63) is 59.1 Å². The zero-order valence-corrected chi connectivity index (χ0v) is 17.6. The van der Waals surface area contributed by atoms with Gasteiger partial charge in [-0.3, -0.25) is 0 Å². The van der Waals surface area contributed by atoms with E-state index < -0.39 is 6.09 Å². The Kier molecular flexibility index (Phi) is 9.43. The Morgan fingerprint density at radius 1 is 0.963 bits per heavy atom. The van der Waals surface area contributed by atoms with Crippen molar-refractivity contribution >= 4 is 30.1 Å². The lowest BCUT2D eigenvalue weighted by atomic mass is 10.0. The van der Waals surface area contributed by atoms with Crippen molar-refractivity contribution in [1.29, 1.82) is 0 Å². The van der Waals surface area contributed by atoms with E-state index in [1.54, 1.807) is 14.1 Å². The maximum atomic E-state index is 11.6. The van der Waals surface area contributed by atoms with E-state index in [2.05, 4.69) is 4.90 Å². The molecule has 1 atom stereocenters. The third-order valence-corrected chi connectivity index (χ3v) is 4.18. The third kappa shape index (κ3) is 7.29. The van der Waals surface area contributed by atoms with E-state index in [4.69, 9.17) is 21.1 Å². The number of benzene rings is 2. The summed E-state index contributed by atoms with van der Waals surface area (Å²) in [4.78, 5) is 15.1. The fourth-order valence-corrected chi connectivity index (χ4v) is 2.62. The first-order valence-electron chi connectivity index (χ1n) is 8.40. The van der Waals surface area contributed by atoms with E-state index in [0.717, 1.165) is 17.7 Å². The molecular formula is C20H26Cl2N2O3. The van der Waals surface area contributed by atoms with Gasteiger partial charge in [0.15, 0.2) is 0 Å². The third-order valence-electron chi connectivity index (χ3n) is 3.93. The van der Waals surface area contributed by atoms with E-state index in [-0.39, 0.29) is 18.4 Å². The van der Waals surface area contributed by atoms with Crippen LogP contribution in [0.25, 0.3) is 0 Å². The molecule has 2 aromatic rings. The highest BCUT2D eigenvalue weighted by molar-refractivity contribution is 6.30. The fraction of sp³-hybridized carbons (Fsp3) is 0.350.